The third kappa shape index (κ3) is 3.24. The second kappa shape index (κ2) is 5.87. The monoisotopic (exact) mass is 337 g/mol. The summed E-state index contributed by atoms with van der Waals surface area (Å²) in [7, 11) is 1.78. The van der Waals surface area contributed by atoms with Gasteiger partial charge in [-0.05, 0) is 33.6 Å². The van der Waals surface area contributed by atoms with Crippen molar-refractivity contribution >= 4 is 27.8 Å². The van der Waals surface area contributed by atoms with Crippen LogP contribution in [-0.2, 0) is 13.6 Å². The van der Waals surface area contributed by atoms with E-state index in [0.29, 0.717) is 5.69 Å². The van der Waals surface area contributed by atoms with Crippen molar-refractivity contribution in [2.45, 2.75) is 6.54 Å². The minimum Gasteiger partial charge on any atom is -0.477 e. The number of aromatic carboxylic acids is 1. The lowest BCUT2D eigenvalue weighted by molar-refractivity contribution is 0.0690. The Morgan fingerprint density at radius 2 is 2.20 bits per heavy atom. The van der Waals surface area contributed by atoms with Crippen LogP contribution in [-0.4, -0.2) is 26.5 Å². The van der Waals surface area contributed by atoms with Gasteiger partial charge < -0.3 is 15.0 Å². The van der Waals surface area contributed by atoms with E-state index in [-0.39, 0.29) is 18.1 Å². The Morgan fingerprint density at radius 1 is 1.45 bits per heavy atom. The molecule has 0 aliphatic rings. The fraction of sp³-hybridized carbons (Fsp3) is 0.154. The van der Waals surface area contributed by atoms with E-state index in [4.69, 9.17) is 5.11 Å². The Labute approximate surface area is 123 Å². The smallest absolute Gasteiger partial charge is 0.354 e. The number of rotatable bonds is 4. The van der Waals surface area contributed by atoms with Crippen LogP contribution in [0.3, 0.4) is 0 Å². The van der Waals surface area contributed by atoms with Gasteiger partial charge in [-0.25, -0.2) is 9.78 Å². The molecule has 2 heterocycles. The van der Waals surface area contributed by atoms with Gasteiger partial charge in [0.05, 0.1) is 0 Å². The summed E-state index contributed by atoms with van der Waals surface area (Å²) >= 11 is 3.30. The van der Waals surface area contributed by atoms with Crippen LogP contribution < -0.4 is 5.32 Å². The number of hydrogen-bond acceptors (Lipinski definition) is 3. The van der Waals surface area contributed by atoms with Gasteiger partial charge in [0.2, 0.25) is 0 Å². The molecule has 0 aliphatic heterocycles. The normalized spacial score (nSPS) is 10.3. The molecule has 0 spiro atoms. The van der Waals surface area contributed by atoms with E-state index in [2.05, 4.69) is 26.2 Å². The molecule has 1 amide bonds. The first-order valence-electron chi connectivity index (χ1n) is 5.75. The lowest BCUT2D eigenvalue weighted by Crippen LogP contribution is -2.24. The van der Waals surface area contributed by atoms with Crippen LogP contribution in [0.15, 0.2) is 35.1 Å². The molecule has 2 aromatic heterocycles. The zero-order chi connectivity index (χ0) is 14.7. The summed E-state index contributed by atoms with van der Waals surface area (Å²) in [6.07, 6.45) is 3.22. The van der Waals surface area contributed by atoms with Crippen molar-refractivity contribution < 1.29 is 14.7 Å². The van der Waals surface area contributed by atoms with E-state index >= 15 is 0 Å². The third-order valence-corrected chi connectivity index (χ3v) is 3.13. The van der Waals surface area contributed by atoms with Crippen LogP contribution in [0.1, 0.15) is 26.5 Å². The Bertz CT molecular complexity index is 649. The molecule has 0 bridgehead atoms. The maximum atomic E-state index is 12.0. The molecule has 0 aromatic carbocycles. The van der Waals surface area contributed by atoms with Crippen molar-refractivity contribution in [3.63, 3.8) is 0 Å². The van der Waals surface area contributed by atoms with E-state index in [0.717, 1.165) is 10.0 Å². The largest absolute Gasteiger partial charge is 0.477 e. The van der Waals surface area contributed by atoms with Gasteiger partial charge in [0.15, 0.2) is 0 Å². The number of hydrogen-bond donors (Lipinski definition) is 2. The Morgan fingerprint density at radius 3 is 2.70 bits per heavy atom. The molecule has 0 fully saturated rings. The van der Waals surface area contributed by atoms with Gasteiger partial charge in [-0.15, -0.1) is 0 Å². The van der Waals surface area contributed by atoms with Crippen molar-refractivity contribution in [1.82, 2.24) is 14.9 Å². The predicted molar refractivity (Wildman–Crippen MR) is 75.5 cm³/mol. The summed E-state index contributed by atoms with van der Waals surface area (Å²) in [5.74, 6) is -1.28. The first kappa shape index (κ1) is 14.3. The molecule has 20 heavy (non-hydrogen) atoms. The fourth-order valence-corrected chi connectivity index (χ4v) is 2.20. The Kier molecular flexibility index (Phi) is 4.19. The fourth-order valence-electron chi connectivity index (χ4n) is 1.68. The molecule has 6 nitrogen and oxygen atoms in total. The van der Waals surface area contributed by atoms with Crippen molar-refractivity contribution in [2.24, 2.45) is 7.05 Å². The average Bonchev–Trinajstić information content (AvgIpc) is 2.75. The molecule has 7 heteroatoms. The molecule has 0 saturated carbocycles. The average molecular weight is 338 g/mol. The third-order valence-electron chi connectivity index (χ3n) is 2.70. The maximum Gasteiger partial charge on any atom is 0.354 e. The van der Waals surface area contributed by atoms with Gasteiger partial charge >= 0.3 is 5.97 Å². The van der Waals surface area contributed by atoms with Gasteiger partial charge in [0.1, 0.15) is 11.4 Å². The van der Waals surface area contributed by atoms with Gasteiger partial charge in [-0.3, -0.25) is 4.79 Å². The minimum atomic E-state index is -1.07. The highest BCUT2D eigenvalue weighted by molar-refractivity contribution is 9.10. The molecule has 2 aromatic rings. The molecule has 104 valence electrons. The first-order chi connectivity index (χ1) is 9.47. The quantitative estimate of drug-likeness (QED) is 0.891. The van der Waals surface area contributed by atoms with E-state index in [1.807, 2.05) is 0 Å². The summed E-state index contributed by atoms with van der Waals surface area (Å²) in [4.78, 5) is 26.4. The molecule has 2 rings (SSSR count). The summed E-state index contributed by atoms with van der Waals surface area (Å²) < 4.78 is 2.54. The standard InChI is InChI=1S/C13H12BrN3O3/c1-17-7-9(14)4-11(17)12(18)16-6-8-2-3-10(13(19)20)15-5-8/h2-5,7H,6H2,1H3,(H,16,18)(H,19,20). The van der Waals surface area contributed by atoms with E-state index in [1.165, 1.54) is 12.3 Å². The van der Waals surface area contributed by atoms with E-state index < -0.39 is 5.97 Å². The lowest BCUT2D eigenvalue weighted by Gasteiger charge is -2.06. The maximum absolute atomic E-state index is 12.0. The molecule has 0 unspecified atom stereocenters. The van der Waals surface area contributed by atoms with Gasteiger partial charge in [0.25, 0.3) is 5.91 Å². The number of carbonyl (C=O) groups excluding carboxylic acids is 1. The van der Waals surface area contributed by atoms with Crippen LogP contribution in [0.2, 0.25) is 0 Å². The summed E-state index contributed by atoms with van der Waals surface area (Å²) in [6, 6.07) is 4.75. The van der Waals surface area contributed by atoms with E-state index in [1.54, 1.807) is 29.9 Å². The zero-order valence-corrected chi connectivity index (χ0v) is 12.2. The first-order valence-corrected chi connectivity index (χ1v) is 6.55. The van der Waals surface area contributed by atoms with Crippen LogP contribution in [0.4, 0.5) is 0 Å². The molecule has 0 radical (unpaired) electrons. The molecular formula is C13H12BrN3O3. The number of aryl methyl sites for hydroxylation is 1. The zero-order valence-electron chi connectivity index (χ0n) is 10.6. The number of carboxylic acid groups (broad SMARTS) is 1. The topological polar surface area (TPSA) is 84.2 Å². The van der Waals surface area contributed by atoms with Crippen LogP contribution in [0, 0.1) is 0 Å². The SMILES string of the molecule is Cn1cc(Br)cc1C(=O)NCc1ccc(C(=O)O)nc1. The number of aromatic nitrogens is 2. The number of carbonyl (C=O) groups is 2. The summed E-state index contributed by atoms with van der Waals surface area (Å²) in [5.41, 5.74) is 1.25. The second-order valence-electron chi connectivity index (χ2n) is 4.19. The number of halogens is 1. The van der Waals surface area contributed by atoms with Gasteiger partial charge in [0, 0.05) is 30.5 Å². The summed E-state index contributed by atoms with van der Waals surface area (Å²) in [5, 5.41) is 11.5. The molecule has 0 aliphatic carbocycles. The summed E-state index contributed by atoms with van der Waals surface area (Å²) in [6.45, 7) is 0.286. The van der Waals surface area contributed by atoms with Crippen LogP contribution >= 0.6 is 15.9 Å². The number of carboxylic acids is 1. The highest BCUT2D eigenvalue weighted by Gasteiger charge is 2.11. The predicted octanol–water partition coefficient (Wildman–Crippen LogP) is 1.81. The molecular weight excluding hydrogens is 326 g/mol. The minimum absolute atomic E-state index is 0.0218. The highest BCUT2D eigenvalue weighted by Crippen LogP contribution is 2.13. The lowest BCUT2D eigenvalue weighted by atomic mass is 10.2. The van der Waals surface area contributed by atoms with Gasteiger partial charge in [-0.1, -0.05) is 6.07 Å². The Hall–Kier alpha value is -2.15. The Balaban J connectivity index is 2.00. The molecule has 0 saturated heterocycles. The van der Waals surface area contributed by atoms with Crippen LogP contribution in [0.25, 0.3) is 0 Å². The number of nitrogens with zero attached hydrogens (tertiary/aromatic N) is 2. The van der Waals surface area contributed by atoms with Crippen LogP contribution in [0.5, 0.6) is 0 Å². The number of nitrogens with one attached hydrogen (secondary N) is 1. The van der Waals surface area contributed by atoms with Crippen molar-refractivity contribution in [3.8, 4) is 0 Å². The van der Waals surface area contributed by atoms with Crippen molar-refractivity contribution in [3.05, 3.63) is 52.0 Å². The molecule has 2 N–H and O–H groups in total. The highest BCUT2D eigenvalue weighted by atomic mass is 79.9. The number of pyridine rings is 1. The van der Waals surface area contributed by atoms with Crippen molar-refractivity contribution in [1.29, 1.82) is 0 Å². The van der Waals surface area contributed by atoms with E-state index in [9.17, 15) is 9.59 Å². The van der Waals surface area contributed by atoms with Crippen molar-refractivity contribution in [2.75, 3.05) is 0 Å². The van der Waals surface area contributed by atoms with Gasteiger partial charge in [-0.2, -0.15) is 0 Å². The number of amides is 1. The molecule has 0 atom stereocenters. The second-order valence-corrected chi connectivity index (χ2v) is 5.11.